The van der Waals surface area contributed by atoms with E-state index in [4.69, 9.17) is 34.8 Å². The van der Waals surface area contributed by atoms with E-state index in [-0.39, 0.29) is 17.1 Å². The average Bonchev–Trinajstić information content (AvgIpc) is 2.85. The molecule has 2 N–H and O–H groups in total. The van der Waals surface area contributed by atoms with Gasteiger partial charge in [-0.25, -0.2) is 4.68 Å². The van der Waals surface area contributed by atoms with Gasteiger partial charge in [-0.1, -0.05) is 34.8 Å². The first-order chi connectivity index (χ1) is 11.9. The predicted molar refractivity (Wildman–Crippen MR) is 98.4 cm³/mol. The van der Waals surface area contributed by atoms with E-state index in [1.807, 2.05) is 0 Å². The minimum absolute atomic E-state index is 0.0915. The molecule has 0 aliphatic heterocycles. The van der Waals surface area contributed by atoms with Crippen LogP contribution in [0.1, 0.15) is 5.69 Å². The number of azo groups is 1. The molecule has 0 aliphatic carbocycles. The van der Waals surface area contributed by atoms with Gasteiger partial charge in [0.2, 0.25) is 0 Å². The summed E-state index contributed by atoms with van der Waals surface area (Å²) in [5.74, 6) is -0.0915. The fraction of sp³-hybridized carbons (Fsp3) is 0.0625. The summed E-state index contributed by atoms with van der Waals surface area (Å²) in [6.07, 6.45) is 0. The first-order valence-electron chi connectivity index (χ1n) is 7.04. The van der Waals surface area contributed by atoms with Crippen LogP contribution in [0.4, 0.5) is 11.4 Å². The van der Waals surface area contributed by atoms with E-state index >= 15 is 0 Å². The van der Waals surface area contributed by atoms with Gasteiger partial charge in [-0.3, -0.25) is 9.89 Å². The molecule has 0 bridgehead atoms. The van der Waals surface area contributed by atoms with E-state index < -0.39 is 5.56 Å². The number of halogens is 3. The van der Waals surface area contributed by atoms with Crippen molar-refractivity contribution in [1.82, 2.24) is 9.78 Å². The Morgan fingerprint density at radius 3 is 2.52 bits per heavy atom. The number of aromatic hydroxyl groups is 1. The van der Waals surface area contributed by atoms with Gasteiger partial charge < -0.3 is 5.11 Å². The van der Waals surface area contributed by atoms with Crippen LogP contribution in [0.5, 0.6) is 5.75 Å². The summed E-state index contributed by atoms with van der Waals surface area (Å²) in [6, 6.07) is 9.16. The van der Waals surface area contributed by atoms with Crippen LogP contribution in [0, 0.1) is 6.92 Å². The number of benzene rings is 2. The van der Waals surface area contributed by atoms with Crippen molar-refractivity contribution in [3.63, 3.8) is 0 Å². The van der Waals surface area contributed by atoms with Crippen LogP contribution < -0.4 is 5.56 Å². The molecule has 25 heavy (non-hydrogen) atoms. The van der Waals surface area contributed by atoms with Crippen LogP contribution in [0.25, 0.3) is 5.69 Å². The smallest absolute Gasteiger partial charge is 0.299 e. The maximum Gasteiger partial charge on any atom is 0.299 e. The van der Waals surface area contributed by atoms with E-state index in [0.717, 1.165) is 0 Å². The Morgan fingerprint density at radius 1 is 1.04 bits per heavy atom. The van der Waals surface area contributed by atoms with Gasteiger partial charge in [0.05, 0.1) is 21.4 Å². The number of nitrogens with zero attached hydrogens (tertiary/aromatic N) is 3. The largest absolute Gasteiger partial charge is 0.506 e. The van der Waals surface area contributed by atoms with Gasteiger partial charge in [0.15, 0.2) is 5.69 Å². The Balaban J connectivity index is 2.03. The van der Waals surface area contributed by atoms with E-state index in [9.17, 15) is 9.90 Å². The van der Waals surface area contributed by atoms with Crippen molar-refractivity contribution >= 4 is 46.2 Å². The summed E-state index contributed by atoms with van der Waals surface area (Å²) >= 11 is 17.7. The Hall–Kier alpha value is -2.28. The van der Waals surface area contributed by atoms with Crippen molar-refractivity contribution in [2.24, 2.45) is 10.2 Å². The molecule has 1 heterocycles. The topological polar surface area (TPSA) is 82.7 Å². The second-order valence-electron chi connectivity index (χ2n) is 5.16. The lowest BCUT2D eigenvalue weighted by Crippen LogP contribution is -2.13. The second kappa shape index (κ2) is 6.92. The van der Waals surface area contributed by atoms with Crippen LogP contribution in [0.2, 0.25) is 15.1 Å². The number of aromatic nitrogens is 2. The van der Waals surface area contributed by atoms with Crippen LogP contribution >= 0.6 is 34.8 Å². The van der Waals surface area contributed by atoms with Crippen molar-refractivity contribution in [3.05, 3.63) is 67.5 Å². The Morgan fingerprint density at radius 2 is 1.80 bits per heavy atom. The standard InChI is InChI=1S/C16H11Cl3N4O2/c1-8-15(21-20-13-6-9(17)2-5-14(13)24)16(25)23(22-8)10-3-4-11(18)12(19)7-10/h2-7,22,24H,1H3. The van der Waals surface area contributed by atoms with Crippen molar-refractivity contribution in [1.29, 1.82) is 0 Å². The van der Waals surface area contributed by atoms with Crippen molar-refractivity contribution in [3.8, 4) is 11.4 Å². The zero-order chi connectivity index (χ0) is 18.1. The van der Waals surface area contributed by atoms with Gasteiger partial charge in [0.1, 0.15) is 11.4 Å². The Labute approximate surface area is 157 Å². The molecule has 0 atom stereocenters. The monoisotopic (exact) mass is 396 g/mol. The summed E-state index contributed by atoms with van der Waals surface area (Å²) in [6.45, 7) is 1.68. The van der Waals surface area contributed by atoms with Gasteiger partial charge in [0, 0.05) is 5.02 Å². The number of phenols is 1. The molecule has 0 saturated heterocycles. The maximum absolute atomic E-state index is 12.6. The molecule has 0 amide bonds. The number of aromatic amines is 1. The molecule has 0 saturated carbocycles. The number of rotatable bonds is 3. The second-order valence-corrected chi connectivity index (χ2v) is 6.41. The molecule has 0 aliphatic rings. The van der Waals surface area contributed by atoms with Crippen molar-refractivity contribution in [2.75, 3.05) is 0 Å². The number of hydrogen-bond acceptors (Lipinski definition) is 4. The van der Waals surface area contributed by atoms with Crippen LogP contribution in [0.3, 0.4) is 0 Å². The van der Waals surface area contributed by atoms with Crippen LogP contribution in [-0.4, -0.2) is 14.9 Å². The van der Waals surface area contributed by atoms with E-state index in [1.54, 1.807) is 25.1 Å². The maximum atomic E-state index is 12.6. The number of H-pyrrole nitrogens is 1. The highest BCUT2D eigenvalue weighted by atomic mass is 35.5. The molecule has 0 unspecified atom stereocenters. The highest BCUT2D eigenvalue weighted by Crippen LogP contribution is 2.31. The van der Waals surface area contributed by atoms with Gasteiger partial charge in [0.25, 0.3) is 5.56 Å². The van der Waals surface area contributed by atoms with E-state index in [1.165, 1.54) is 22.9 Å². The summed E-state index contributed by atoms with van der Waals surface area (Å²) in [4.78, 5) is 12.6. The van der Waals surface area contributed by atoms with Crippen molar-refractivity contribution in [2.45, 2.75) is 6.92 Å². The first kappa shape index (κ1) is 17.5. The molecule has 0 fully saturated rings. The zero-order valence-electron chi connectivity index (χ0n) is 12.8. The highest BCUT2D eigenvalue weighted by molar-refractivity contribution is 6.42. The third kappa shape index (κ3) is 3.56. The number of aryl methyl sites for hydroxylation is 1. The molecule has 2 aromatic carbocycles. The van der Waals surface area contributed by atoms with E-state index in [2.05, 4.69) is 15.3 Å². The van der Waals surface area contributed by atoms with E-state index in [0.29, 0.717) is 26.4 Å². The normalized spacial score (nSPS) is 11.4. The molecule has 1 aromatic heterocycles. The van der Waals surface area contributed by atoms with Gasteiger partial charge in [-0.05, 0) is 43.3 Å². The molecule has 3 aromatic rings. The molecule has 128 valence electrons. The lowest BCUT2D eigenvalue weighted by atomic mass is 10.3. The first-order valence-corrected chi connectivity index (χ1v) is 8.17. The number of hydrogen-bond donors (Lipinski definition) is 2. The van der Waals surface area contributed by atoms with Crippen LogP contribution in [-0.2, 0) is 0 Å². The molecular weight excluding hydrogens is 387 g/mol. The predicted octanol–water partition coefficient (Wildman–Crippen LogP) is 5.56. The van der Waals surface area contributed by atoms with Crippen molar-refractivity contribution < 1.29 is 5.11 Å². The Kier molecular flexibility index (Phi) is 4.85. The number of nitrogens with one attached hydrogen (secondary N) is 1. The summed E-state index contributed by atoms with van der Waals surface area (Å²) < 4.78 is 1.28. The molecular formula is C16H11Cl3N4O2. The molecule has 6 nitrogen and oxygen atoms in total. The minimum atomic E-state index is -0.416. The average molecular weight is 398 g/mol. The highest BCUT2D eigenvalue weighted by Gasteiger charge is 2.13. The lowest BCUT2D eigenvalue weighted by Gasteiger charge is -2.02. The lowest BCUT2D eigenvalue weighted by molar-refractivity contribution is 0.476. The third-order valence-corrected chi connectivity index (χ3v) is 4.37. The summed E-state index contributed by atoms with van der Waals surface area (Å²) in [7, 11) is 0. The SMILES string of the molecule is Cc1[nH]n(-c2ccc(Cl)c(Cl)c2)c(=O)c1N=Nc1cc(Cl)ccc1O. The fourth-order valence-electron chi connectivity index (χ4n) is 2.14. The van der Waals surface area contributed by atoms with Gasteiger partial charge in [-0.2, -0.15) is 0 Å². The van der Waals surface area contributed by atoms with Crippen LogP contribution in [0.15, 0.2) is 51.4 Å². The quantitative estimate of drug-likeness (QED) is 0.567. The molecule has 9 heteroatoms. The number of phenolic OH excluding ortho intramolecular Hbond substituents is 1. The molecule has 3 rings (SSSR count). The van der Waals surface area contributed by atoms with Gasteiger partial charge in [-0.15, -0.1) is 10.2 Å². The minimum Gasteiger partial charge on any atom is -0.506 e. The Bertz CT molecular complexity index is 1040. The zero-order valence-corrected chi connectivity index (χ0v) is 15.1. The summed E-state index contributed by atoms with van der Waals surface area (Å²) in [5, 5.41) is 21.6. The molecule has 0 spiro atoms. The molecule has 0 radical (unpaired) electrons. The third-order valence-electron chi connectivity index (χ3n) is 3.40. The van der Waals surface area contributed by atoms with Gasteiger partial charge >= 0.3 is 0 Å². The summed E-state index contributed by atoms with van der Waals surface area (Å²) in [5.41, 5.74) is 0.857. The fourth-order valence-corrected chi connectivity index (χ4v) is 2.60.